The van der Waals surface area contributed by atoms with Crippen LogP contribution in [0.4, 0.5) is 4.39 Å². The van der Waals surface area contributed by atoms with Gasteiger partial charge in [-0.3, -0.25) is 4.79 Å². The van der Waals surface area contributed by atoms with Crippen molar-refractivity contribution in [2.24, 2.45) is 0 Å². The average molecular weight is 321 g/mol. The van der Waals surface area contributed by atoms with Gasteiger partial charge in [0.05, 0.1) is 0 Å². The summed E-state index contributed by atoms with van der Waals surface area (Å²) in [5, 5.41) is 6.72. The van der Waals surface area contributed by atoms with E-state index < -0.39 is 0 Å². The van der Waals surface area contributed by atoms with Crippen LogP contribution >= 0.6 is 11.6 Å². The van der Waals surface area contributed by atoms with E-state index in [0.717, 1.165) is 11.1 Å². The molecule has 0 radical (unpaired) electrons. The number of nitrogens with one attached hydrogen (secondary N) is 2. The van der Waals surface area contributed by atoms with Crippen LogP contribution in [-0.4, -0.2) is 12.5 Å². The van der Waals surface area contributed by atoms with E-state index in [0.29, 0.717) is 31.1 Å². The first-order valence-electron chi connectivity index (χ1n) is 7.10. The number of rotatable bonds is 7. The van der Waals surface area contributed by atoms with E-state index in [1.54, 1.807) is 12.1 Å². The van der Waals surface area contributed by atoms with Gasteiger partial charge in [-0.15, -0.1) is 0 Å². The Balaban J connectivity index is 1.61. The quantitative estimate of drug-likeness (QED) is 0.769. The van der Waals surface area contributed by atoms with E-state index >= 15 is 0 Å². The Morgan fingerprint density at radius 1 is 0.955 bits per heavy atom. The van der Waals surface area contributed by atoms with Crippen LogP contribution < -0.4 is 10.6 Å². The number of carbonyl (C=O) groups excluding carboxylic acids is 1. The molecule has 0 saturated heterocycles. The maximum absolute atomic E-state index is 12.8. The summed E-state index contributed by atoms with van der Waals surface area (Å²) in [6.07, 6.45) is 0.398. The minimum atomic E-state index is -0.276. The van der Waals surface area contributed by atoms with E-state index in [1.165, 1.54) is 12.1 Å². The van der Waals surface area contributed by atoms with Gasteiger partial charge in [0.1, 0.15) is 5.82 Å². The van der Waals surface area contributed by atoms with Crippen molar-refractivity contribution in [3.05, 3.63) is 70.5 Å². The molecule has 1 amide bonds. The number of hydrogen-bond donors (Lipinski definition) is 2. The van der Waals surface area contributed by atoms with Crippen LogP contribution in [0.1, 0.15) is 17.5 Å². The lowest BCUT2D eigenvalue weighted by Gasteiger charge is -2.07. The topological polar surface area (TPSA) is 41.1 Å². The largest absolute Gasteiger partial charge is 0.352 e. The third kappa shape index (κ3) is 5.84. The third-order valence-corrected chi connectivity index (χ3v) is 3.43. The zero-order chi connectivity index (χ0) is 15.8. The van der Waals surface area contributed by atoms with Crippen molar-refractivity contribution in [2.45, 2.75) is 19.5 Å². The summed E-state index contributed by atoms with van der Waals surface area (Å²) in [5.74, 6) is -0.311. The number of benzene rings is 2. The fraction of sp³-hybridized carbons (Fsp3) is 0.235. The summed E-state index contributed by atoms with van der Waals surface area (Å²) in [6, 6.07) is 13.7. The van der Waals surface area contributed by atoms with E-state index in [9.17, 15) is 9.18 Å². The maximum Gasteiger partial charge on any atom is 0.221 e. The highest BCUT2D eigenvalue weighted by Crippen LogP contribution is 2.09. The smallest absolute Gasteiger partial charge is 0.221 e. The Hall–Kier alpha value is -1.91. The van der Waals surface area contributed by atoms with Gasteiger partial charge < -0.3 is 10.6 Å². The molecule has 5 heteroatoms. The molecule has 3 nitrogen and oxygen atoms in total. The molecule has 0 saturated carbocycles. The van der Waals surface area contributed by atoms with Crippen LogP contribution in [-0.2, 0) is 17.9 Å². The highest BCUT2D eigenvalue weighted by Gasteiger charge is 2.01. The first-order valence-corrected chi connectivity index (χ1v) is 7.47. The summed E-state index contributed by atoms with van der Waals surface area (Å²) in [7, 11) is 0. The van der Waals surface area contributed by atoms with Gasteiger partial charge in [-0.2, -0.15) is 0 Å². The predicted octanol–water partition coefficient (Wildman–Crippen LogP) is 3.28. The second-order valence-electron chi connectivity index (χ2n) is 4.96. The zero-order valence-electron chi connectivity index (χ0n) is 12.1. The molecule has 22 heavy (non-hydrogen) atoms. The normalized spacial score (nSPS) is 10.5. The van der Waals surface area contributed by atoms with Crippen molar-refractivity contribution in [1.29, 1.82) is 0 Å². The summed E-state index contributed by atoms with van der Waals surface area (Å²) in [4.78, 5) is 11.7. The molecule has 0 aliphatic heterocycles. The lowest BCUT2D eigenvalue weighted by atomic mass is 10.2. The number of amides is 1. The van der Waals surface area contributed by atoms with Crippen molar-refractivity contribution < 1.29 is 9.18 Å². The maximum atomic E-state index is 12.8. The molecule has 2 aromatic carbocycles. The second kappa shape index (κ2) is 8.51. The fourth-order valence-electron chi connectivity index (χ4n) is 1.93. The highest BCUT2D eigenvalue weighted by molar-refractivity contribution is 6.30. The molecular formula is C17H18ClFN2O. The first-order chi connectivity index (χ1) is 10.6. The van der Waals surface area contributed by atoms with Gasteiger partial charge in [0, 0.05) is 31.1 Å². The Bertz CT molecular complexity index is 599. The van der Waals surface area contributed by atoms with Gasteiger partial charge in [-0.05, 0) is 35.4 Å². The molecule has 0 bridgehead atoms. The molecule has 0 aliphatic carbocycles. The monoisotopic (exact) mass is 320 g/mol. The van der Waals surface area contributed by atoms with E-state index in [2.05, 4.69) is 10.6 Å². The Morgan fingerprint density at radius 2 is 1.55 bits per heavy atom. The molecule has 2 aromatic rings. The van der Waals surface area contributed by atoms with Crippen LogP contribution in [0.2, 0.25) is 5.02 Å². The molecule has 0 heterocycles. The minimum Gasteiger partial charge on any atom is -0.352 e. The molecule has 0 aliphatic rings. The Labute approximate surface area is 134 Å². The van der Waals surface area contributed by atoms with Crippen molar-refractivity contribution >= 4 is 17.5 Å². The van der Waals surface area contributed by atoms with Gasteiger partial charge in [0.25, 0.3) is 0 Å². The highest BCUT2D eigenvalue weighted by atomic mass is 35.5. The van der Waals surface area contributed by atoms with Crippen LogP contribution in [0, 0.1) is 5.82 Å². The molecule has 0 fully saturated rings. The lowest BCUT2D eigenvalue weighted by molar-refractivity contribution is -0.121. The van der Waals surface area contributed by atoms with Crippen molar-refractivity contribution in [1.82, 2.24) is 10.6 Å². The molecule has 2 rings (SSSR count). The average Bonchev–Trinajstić information content (AvgIpc) is 2.53. The van der Waals surface area contributed by atoms with Gasteiger partial charge in [0.2, 0.25) is 5.91 Å². The van der Waals surface area contributed by atoms with Crippen LogP contribution in [0.5, 0.6) is 0 Å². The van der Waals surface area contributed by atoms with E-state index in [-0.39, 0.29) is 11.7 Å². The Morgan fingerprint density at radius 3 is 2.23 bits per heavy atom. The zero-order valence-corrected chi connectivity index (χ0v) is 12.9. The SMILES string of the molecule is O=C(CCNCc1ccc(Cl)cc1)NCc1ccc(F)cc1. The van der Waals surface area contributed by atoms with Crippen LogP contribution in [0.3, 0.4) is 0 Å². The van der Waals surface area contributed by atoms with E-state index in [1.807, 2.05) is 24.3 Å². The third-order valence-electron chi connectivity index (χ3n) is 3.17. The summed E-state index contributed by atoms with van der Waals surface area (Å²) >= 11 is 5.81. The molecule has 116 valence electrons. The fourth-order valence-corrected chi connectivity index (χ4v) is 2.05. The molecule has 0 spiro atoms. The minimum absolute atomic E-state index is 0.0343. The Kier molecular flexibility index (Phi) is 6.37. The van der Waals surface area contributed by atoms with Gasteiger partial charge in [-0.25, -0.2) is 4.39 Å². The molecular weight excluding hydrogens is 303 g/mol. The van der Waals surface area contributed by atoms with Crippen LogP contribution in [0.25, 0.3) is 0 Å². The van der Waals surface area contributed by atoms with E-state index in [4.69, 9.17) is 11.6 Å². The standard InChI is InChI=1S/C17H18ClFN2O/c18-15-5-1-13(2-6-15)11-20-10-9-17(22)21-12-14-3-7-16(19)8-4-14/h1-8,20H,9-12H2,(H,21,22). The summed E-state index contributed by atoms with van der Waals surface area (Å²) in [6.45, 7) is 1.70. The van der Waals surface area contributed by atoms with Crippen molar-refractivity contribution in [3.63, 3.8) is 0 Å². The number of carbonyl (C=O) groups is 1. The molecule has 0 unspecified atom stereocenters. The van der Waals surface area contributed by atoms with Crippen LogP contribution in [0.15, 0.2) is 48.5 Å². The van der Waals surface area contributed by atoms with Gasteiger partial charge >= 0.3 is 0 Å². The summed E-state index contributed by atoms with van der Waals surface area (Å²) in [5.41, 5.74) is 2.00. The molecule has 2 N–H and O–H groups in total. The lowest BCUT2D eigenvalue weighted by Crippen LogP contribution is -2.27. The second-order valence-corrected chi connectivity index (χ2v) is 5.39. The molecule has 0 atom stereocenters. The summed E-state index contributed by atoms with van der Waals surface area (Å²) < 4.78 is 12.8. The van der Waals surface area contributed by atoms with Gasteiger partial charge in [0.15, 0.2) is 0 Å². The predicted molar refractivity (Wildman–Crippen MR) is 86.0 cm³/mol. The number of hydrogen-bond acceptors (Lipinski definition) is 2. The van der Waals surface area contributed by atoms with Gasteiger partial charge in [-0.1, -0.05) is 35.9 Å². The van der Waals surface area contributed by atoms with Crippen molar-refractivity contribution in [3.8, 4) is 0 Å². The first kappa shape index (κ1) is 16.5. The number of halogens is 2. The van der Waals surface area contributed by atoms with Crippen molar-refractivity contribution in [2.75, 3.05) is 6.54 Å². The molecule has 0 aromatic heterocycles.